The molecule has 2 rings (SSSR count). The predicted molar refractivity (Wildman–Crippen MR) is 122 cm³/mol. The zero-order valence-electron chi connectivity index (χ0n) is 17.2. The Morgan fingerprint density at radius 2 is 1.88 bits per heavy atom. The summed E-state index contributed by atoms with van der Waals surface area (Å²) >= 11 is 0. The van der Waals surface area contributed by atoms with Crippen LogP contribution in [-0.2, 0) is 4.74 Å². The lowest BCUT2D eigenvalue weighted by Gasteiger charge is -2.34. The number of nitrogens with one attached hydrogen (secondary N) is 1. The smallest absolute Gasteiger partial charge is 0.193 e. The zero-order valence-corrected chi connectivity index (χ0v) is 19.5. The van der Waals surface area contributed by atoms with Gasteiger partial charge in [-0.15, -0.1) is 24.0 Å². The first-order valence-corrected chi connectivity index (χ1v) is 10.6. The number of rotatable bonds is 8. The van der Waals surface area contributed by atoms with Gasteiger partial charge in [-0.25, -0.2) is 0 Å². The summed E-state index contributed by atoms with van der Waals surface area (Å²) in [5, 5.41) is 3.47. The average Bonchev–Trinajstić information content (AvgIpc) is 2.62. The minimum absolute atomic E-state index is 0. The number of halogens is 1. The molecule has 1 unspecified atom stereocenters. The average molecular weight is 480 g/mol. The fourth-order valence-electron chi connectivity index (χ4n) is 4.02. The molecule has 26 heavy (non-hydrogen) atoms. The highest BCUT2D eigenvalue weighted by molar-refractivity contribution is 14.0. The number of hydrogen-bond donors (Lipinski definition) is 1. The second kappa shape index (κ2) is 14.0. The minimum atomic E-state index is 0. The number of guanidine groups is 1. The SMILES string of the molecule is CCNC(=NCCCCN1CCCC(C)C1)N1CCC(OCC)CC1.I. The molecule has 2 fully saturated rings. The lowest BCUT2D eigenvalue weighted by atomic mass is 10.0. The number of unbranched alkanes of at least 4 members (excludes halogenated alkanes) is 1. The van der Waals surface area contributed by atoms with Crippen LogP contribution in [0.1, 0.15) is 59.3 Å². The van der Waals surface area contributed by atoms with Crippen molar-refractivity contribution in [3.63, 3.8) is 0 Å². The molecule has 154 valence electrons. The number of likely N-dealkylation sites (tertiary alicyclic amines) is 2. The van der Waals surface area contributed by atoms with Gasteiger partial charge in [0, 0.05) is 39.3 Å². The summed E-state index contributed by atoms with van der Waals surface area (Å²) in [4.78, 5) is 9.93. The van der Waals surface area contributed by atoms with Gasteiger partial charge in [-0.2, -0.15) is 0 Å². The molecular formula is C20H41IN4O. The number of ether oxygens (including phenoxy) is 1. The molecule has 0 saturated carbocycles. The Hall–Kier alpha value is -0.0800. The maximum Gasteiger partial charge on any atom is 0.193 e. The van der Waals surface area contributed by atoms with Crippen molar-refractivity contribution < 1.29 is 4.74 Å². The normalized spacial score (nSPS) is 23.0. The molecule has 1 atom stereocenters. The summed E-state index contributed by atoms with van der Waals surface area (Å²) in [7, 11) is 0. The van der Waals surface area contributed by atoms with Crippen molar-refractivity contribution in [2.75, 3.05) is 52.4 Å². The topological polar surface area (TPSA) is 40.1 Å². The maximum atomic E-state index is 5.76. The van der Waals surface area contributed by atoms with Crippen molar-refractivity contribution in [1.29, 1.82) is 0 Å². The van der Waals surface area contributed by atoms with Gasteiger partial charge in [0.1, 0.15) is 0 Å². The first-order valence-electron chi connectivity index (χ1n) is 10.6. The summed E-state index contributed by atoms with van der Waals surface area (Å²) in [5.74, 6) is 1.98. The molecule has 1 N–H and O–H groups in total. The van der Waals surface area contributed by atoms with Crippen molar-refractivity contribution >= 4 is 29.9 Å². The minimum Gasteiger partial charge on any atom is -0.378 e. The van der Waals surface area contributed by atoms with E-state index in [4.69, 9.17) is 9.73 Å². The number of hydrogen-bond acceptors (Lipinski definition) is 3. The van der Waals surface area contributed by atoms with Crippen LogP contribution in [0.5, 0.6) is 0 Å². The molecule has 2 aliphatic rings. The first-order chi connectivity index (χ1) is 12.2. The Morgan fingerprint density at radius 3 is 2.54 bits per heavy atom. The van der Waals surface area contributed by atoms with E-state index in [0.717, 1.165) is 57.5 Å². The fourth-order valence-corrected chi connectivity index (χ4v) is 4.02. The molecule has 2 saturated heterocycles. The van der Waals surface area contributed by atoms with Crippen LogP contribution >= 0.6 is 24.0 Å². The maximum absolute atomic E-state index is 5.76. The molecule has 0 radical (unpaired) electrons. The van der Waals surface area contributed by atoms with Gasteiger partial charge in [0.05, 0.1) is 6.10 Å². The van der Waals surface area contributed by atoms with Crippen LogP contribution in [0, 0.1) is 5.92 Å². The van der Waals surface area contributed by atoms with E-state index >= 15 is 0 Å². The highest BCUT2D eigenvalue weighted by Crippen LogP contribution is 2.16. The molecule has 0 aromatic carbocycles. The molecular weight excluding hydrogens is 439 g/mol. The molecule has 6 heteroatoms. The molecule has 0 spiro atoms. The van der Waals surface area contributed by atoms with E-state index in [1.54, 1.807) is 0 Å². The van der Waals surface area contributed by atoms with E-state index < -0.39 is 0 Å². The van der Waals surface area contributed by atoms with Crippen LogP contribution in [0.15, 0.2) is 4.99 Å². The standard InChI is InChI=1S/C20H40N4O.HI/c1-4-21-20(24-15-10-19(11-16-24)25-5-2)22-12-6-7-13-23-14-8-9-18(3)17-23;/h18-19H,4-17H2,1-3H3,(H,21,22);1H. The molecule has 0 amide bonds. The first kappa shape index (κ1) is 24.0. The van der Waals surface area contributed by atoms with Crippen molar-refractivity contribution in [3.05, 3.63) is 0 Å². The van der Waals surface area contributed by atoms with Crippen molar-refractivity contribution in [2.45, 2.75) is 65.4 Å². The van der Waals surface area contributed by atoms with Gasteiger partial charge in [-0.05, 0) is 71.4 Å². The summed E-state index contributed by atoms with van der Waals surface area (Å²) in [6.07, 6.45) is 7.92. The van der Waals surface area contributed by atoms with Gasteiger partial charge in [-0.1, -0.05) is 6.92 Å². The van der Waals surface area contributed by atoms with Crippen molar-refractivity contribution in [2.24, 2.45) is 10.9 Å². The summed E-state index contributed by atoms with van der Waals surface area (Å²) < 4.78 is 5.76. The summed E-state index contributed by atoms with van der Waals surface area (Å²) in [6.45, 7) is 15.3. The van der Waals surface area contributed by atoms with Crippen LogP contribution in [0.3, 0.4) is 0 Å². The molecule has 2 heterocycles. The number of piperidine rings is 2. The predicted octanol–water partition coefficient (Wildman–Crippen LogP) is 3.58. The van der Waals surface area contributed by atoms with Gasteiger partial charge in [0.25, 0.3) is 0 Å². The molecule has 5 nitrogen and oxygen atoms in total. The van der Waals surface area contributed by atoms with Crippen LogP contribution in [0.25, 0.3) is 0 Å². The fraction of sp³-hybridized carbons (Fsp3) is 0.950. The van der Waals surface area contributed by atoms with Gasteiger partial charge in [-0.3, -0.25) is 4.99 Å². The third-order valence-electron chi connectivity index (χ3n) is 5.36. The second-order valence-corrected chi connectivity index (χ2v) is 7.63. The summed E-state index contributed by atoms with van der Waals surface area (Å²) in [5.41, 5.74) is 0. The number of aliphatic imine (C=N–C) groups is 1. The van der Waals surface area contributed by atoms with Crippen molar-refractivity contribution in [1.82, 2.24) is 15.1 Å². The van der Waals surface area contributed by atoms with E-state index in [0.29, 0.717) is 6.10 Å². The molecule has 2 aliphatic heterocycles. The van der Waals surface area contributed by atoms with Crippen LogP contribution < -0.4 is 5.32 Å². The zero-order chi connectivity index (χ0) is 17.9. The highest BCUT2D eigenvalue weighted by atomic mass is 127. The van der Waals surface area contributed by atoms with Crippen LogP contribution in [-0.4, -0.2) is 74.3 Å². The molecule has 0 aromatic rings. The Balaban J connectivity index is 0.00000338. The van der Waals surface area contributed by atoms with Gasteiger partial charge >= 0.3 is 0 Å². The Kier molecular flexibility index (Phi) is 12.9. The van der Waals surface area contributed by atoms with Crippen molar-refractivity contribution in [3.8, 4) is 0 Å². The Morgan fingerprint density at radius 1 is 1.12 bits per heavy atom. The quantitative estimate of drug-likeness (QED) is 0.250. The highest BCUT2D eigenvalue weighted by Gasteiger charge is 2.21. The molecule has 0 aliphatic carbocycles. The molecule has 0 bridgehead atoms. The third-order valence-corrected chi connectivity index (χ3v) is 5.36. The van der Waals surface area contributed by atoms with Gasteiger partial charge in [0.15, 0.2) is 5.96 Å². The number of nitrogens with zero attached hydrogens (tertiary/aromatic N) is 3. The Bertz CT molecular complexity index is 386. The van der Waals surface area contributed by atoms with E-state index in [9.17, 15) is 0 Å². The van der Waals surface area contributed by atoms with E-state index in [-0.39, 0.29) is 24.0 Å². The van der Waals surface area contributed by atoms with Gasteiger partial charge in [0.2, 0.25) is 0 Å². The van der Waals surface area contributed by atoms with E-state index in [2.05, 4.69) is 35.9 Å². The van der Waals surface area contributed by atoms with E-state index in [1.165, 1.54) is 45.3 Å². The van der Waals surface area contributed by atoms with E-state index in [1.807, 2.05) is 0 Å². The largest absolute Gasteiger partial charge is 0.378 e. The third kappa shape index (κ3) is 8.74. The lowest BCUT2D eigenvalue weighted by molar-refractivity contribution is 0.0264. The van der Waals surface area contributed by atoms with Crippen LogP contribution in [0.2, 0.25) is 0 Å². The summed E-state index contributed by atoms with van der Waals surface area (Å²) in [6, 6.07) is 0. The molecule has 0 aromatic heterocycles. The monoisotopic (exact) mass is 480 g/mol. The van der Waals surface area contributed by atoms with Gasteiger partial charge < -0.3 is 19.9 Å². The lowest BCUT2D eigenvalue weighted by Crippen LogP contribution is -2.47. The van der Waals surface area contributed by atoms with Crippen LogP contribution in [0.4, 0.5) is 0 Å². The second-order valence-electron chi connectivity index (χ2n) is 7.63. The Labute approximate surface area is 178 Å².